The van der Waals surface area contributed by atoms with Crippen molar-refractivity contribution in [2.24, 2.45) is 5.73 Å². The van der Waals surface area contributed by atoms with E-state index in [9.17, 15) is 18.0 Å². The number of carbonyl (C=O) groups is 1. The lowest BCUT2D eigenvalue weighted by Crippen LogP contribution is -2.22. The van der Waals surface area contributed by atoms with Crippen LogP contribution in [-0.2, 0) is 23.9 Å². The Kier molecular flexibility index (Phi) is 9.36. The van der Waals surface area contributed by atoms with Gasteiger partial charge in [-0.3, -0.25) is 4.79 Å². The summed E-state index contributed by atoms with van der Waals surface area (Å²) < 4.78 is 39.3. The number of carbonyl (C=O) groups excluding carboxylic acids is 1. The van der Waals surface area contributed by atoms with Gasteiger partial charge in [-0.1, -0.05) is 36.4 Å². The number of nitrogens with two attached hydrogens (primary N) is 1. The van der Waals surface area contributed by atoms with Gasteiger partial charge in [0.1, 0.15) is 5.82 Å². The predicted octanol–water partition coefficient (Wildman–Crippen LogP) is 4.07. The maximum atomic E-state index is 13.1. The van der Waals surface area contributed by atoms with Crippen molar-refractivity contribution in [1.82, 2.24) is 15.3 Å². The fourth-order valence-electron chi connectivity index (χ4n) is 3.65. The smallest absolute Gasteiger partial charge is 0.358 e. The molecule has 3 aromatic rings. The van der Waals surface area contributed by atoms with Crippen molar-refractivity contribution in [2.75, 3.05) is 24.5 Å². The standard InChI is InChI=1S/C16H17F3N4.C10H10N2O/c17-16(18,19)15-21-13(12-5-3-11(10-20)4-6-12)9-14(22-15)23-7-1-2-8-23;11-7-10-3-1-9(2-4-10)5-6-12-8-13/h3-6,9H,1-2,7-8,10,20H2;1-4,8H,5-6H2,(H,12,13). The number of amides is 1. The van der Waals surface area contributed by atoms with E-state index in [4.69, 9.17) is 11.0 Å². The average Bonchev–Trinajstić information content (AvgIpc) is 3.44. The van der Waals surface area contributed by atoms with Gasteiger partial charge in [0.25, 0.3) is 0 Å². The molecule has 1 saturated heterocycles. The van der Waals surface area contributed by atoms with Crippen LogP contribution >= 0.6 is 0 Å². The van der Waals surface area contributed by atoms with Crippen molar-refractivity contribution >= 4 is 12.2 Å². The average molecular weight is 497 g/mol. The first-order valence-corrected chi connectivity index (χ1v) is 11.5. The molecule has 1 aromatic heterocycles. The highest BCUT2D eigenvalue weighted by Crippen LogP contribution is 2.31. The second-order valence-corrected chi connectivity index (χ2v) is 8.16. The normalized spacial score (nSPS) is 12.9. The van der Waals surface area contributed by atoms with Crippen LogP contribution in [0.15, 0.2) is 54.6 Å². The van der Waals surface area contributed by atoms with Gasteiger partial charge in [0, 0.05) is 37.8 Å². The molecule has 1 amide bonds. The van der Waals surface area contributed by atoms with E-state index in [-0.39, 0.29) is 5.69 Å². The Morgan fingerprint density at radius 1 is 1.03 bits per heavy atom. The topological polar surface area (TPSA) is 108 Å². The van der Waals surface area contributed by atoms with Crippen LogP contribution in [0, 0.1) is 11.3 Å². The van der Waals surface area contributed by atoms with Crippen LogP contribution < -0.4 is 16.0 Å². The molecule has 36 heavy (non-hydrogen) atoms. The second kappa shape index (κ2) is 12.7. The molecule has 0 bridgehead atoms. The summed E-state index contributed by atoms with van der Waals surface area (Å²) in [4.78, 5) is 19.2. The molecule has 1 aliphatic rings. The van der Waals surface area contributed by atoms with Gasteiger partial charge in [-0.05, 0) is 42.5 Å². The Morgan fingerprint density at radius 3 is 2.22 bits per heavy atom. The van der Waals surface area contributed by atoms with Gasteiger partial charge in [-0.25, -0.2) is 9.97 Å². The number of hydrogen-bond acceptors (Lipinski definition) is 6. The molecule has 4 rings (SSSR count). The number of anilines is 1. The maximum absolute atomic E-state index is 13.1. The third-order valence-electron chi connectivity index (χ3n) is 5.61. The third kappa shape index (κ3) is 7.52. The van der Waals surface area contributed by atoms with E-state index in [2.05, 4.69) is 15.3 Å². The van der Waals surface area contributed by atoms with Gasteiger partial charge < -0.3 is 16.0 Å². The van der Waals surface area contributed by atoms with Crippen molar-refractivity contribution in [3.05, 3.63) is 77.1 Å². The van der Waals surface area contributed by atoms with E-state index < -0.39 is 12.0 Å². The zero-order chi connectivity index (χ0) is 26.0. The van der Waals surface area contributed by atoms with E-state index in [1.807, 2.05) is 23.1 Å². The van der Waals surface area contributed by atoms with Crippen LogP contribution in [0.1, 0.15) is 35.4 Å². The quantitative estimate of drug-likeness (QED) is 0.377. The van der Waals surface area contributed by atoms with E-state index in [0.717, 1.165) is 43.5 Å². The lowest BCUT2D eigenvalue weighted by molar-refractivity contribution is -0.144. The molecule has 0 saturated carbocycles. The van der Waals surface area contributed by atoms with Crippen LogP contribution in [0.25, 0.3) is 11.3 Å². The number of halogens is 3. The second-order valence-electron chi connectivity index (χ2n) is 8.16. The van der Waals surface area contributed by atoms with E-state index >= 15 is 0 Å². The van der Waals surface area contributed by atoms with Crippen LogP contribution in [0.5, 0.6) is 0 Å². The van der Waals surface area contributed by atoms with Gasteiger partial charge >= 0.3 is 6.18 Å². The summed E-state index contributed by atoms with van der Waals surface area (Å²) in [5.41, 5.74) is 9.14. The summed E-state index contributed by atoms with van der Waals surface area (Å²) in [7, 11) is 0. The molecule has 3 N–H and O–H groups in total. The number of aromatic nitrogens is 2. The van der Waals surface area contributed by atoms with Crippen molar-refractivity contribution in [3.63, 3.8) is 0 Å². The first-order valence-electron chi connectivity index (χ1n) is 11.5. The molecular formula is C26H27F3N6O. The number of nitrogens with zero attached hydrogens (tertiary/aromatic N) is 4. The summed E-state index contributed by atoms with van der Waals surface area (Å²) >= 11 is 0. The molecule has 0 atom stereocenters. The molecule has 10 heteroatoms. The Hall–Kier alpha value is -3.97. The van der Waals surface area contributed by atoms with Crippen molar-refractivity contribution in [2.45, 2.75) is 32.0 Å². The highest BCUT2D eigenvalue weighted by atomic mass is 19.4. The summed E-state index contributed by atoms with van der Waals surface area (Å²) in [6, 6.07) is 18.1. The molecule has 0 unspecified atom stereocenters. The number of nitriles is 1. The Bertz CT molecular complexity index is 1170. The monoisotopic (exact) mass is 496 g/mol. The highest BCUT2D eigenvalue weighted by Gasteiger charge is 2.36. The maximum Gasteiger partial charge on any atom is 0.451 e. The zero-order valence-corrected chi connectivity index (χ0v) is 19.6. The fraction of sp³-hybridized carbons (Fsp3) is 0.308. The number of benzene rings is 2. The van der Waals surface area contributed by atoms with E-state index in [1.54, 1.807) is 42.5 Å². The summed E-state index contributed by atoms with van der Waals surface area (Å²) in [6.07, 6.45) is -1.16. The number of alkyl halides is 3. The first kappa shape index (κ1) is 26.6. The predicted molar refractivity (Wildman–Crippen MR) is 131 cm³/mol. The largest absolute Gasteiger partial charge is 0.451 e. The molecule has 1 fully saturated rings. The highest BCUT2D eigenvalue weighted by molar-refractivity contribution is 5.63. The number of nitrogens with one attached hydrogen (secondary N) is 1. The van der Waals surface area contributed by atoms with E-state index in [0.29, 0.717) is 36.4 Å². The van der Waals surface area contributed by atoms with Gasteiger partial charge in [0.15, 0.2) is 0 Å². The van der Waals surface area contributed by atoms with Gasteiger partial charge in [-0.15, -0.1) is 0 Å². The lowest BCUT2D eigenvalue weighted by Gasteiger charge is -2.18. The molecule has 2 aromatic carbocycles. The third-order valence-corrected chi connectivity index (χ3v) is 5.61. The van der Waals surface area contributed by atoms with Crippen molar-refractivity contribution < 1.29 is 18.0 Å². The molecular weight excluding hydrogens is 469 g/mol. The molecule has 188 valence electrons. The molecule has 0 spiro atoms. The minimum atomic E-state index is -4.57. The Labute approximate surface area is 207 Å². The van der Waals surface area contributed by atoms with Crippen LogP contribution in [-0.4, -0.2) is 36.0 Å². The zero-order valence-electron chi connectivity index (χ0n) is 19.6. The Morgan fingerprint density at radius 2 is 1.67 bits per heavy atom. The fourth-order valence-corrected chi connectivity index (χ4v) is 3.65. The van der Waals surface area contributed by atoms with Crippen LogP contribution in [0.4, 0.5) is 19.0 Å². The number of hydrogen-bond donors (Lipinski definition) is 2. The molecule has 0 aliphatic carbocycles. The minimum absolute atomic E-state index is 0.276. The minimum Gasteiger partial charge on any atom is -0.358 e. The van der Waals surface area contributed by atoms with Gasteiger partial charge in [0.2, 0.25) is 12.2 Å². The first-order chi connectivity index (χ1) is 17.3. The van der Waals surface area contributed by atoms with E-state index in [1.165, 1.54) is 0 Å². The molecule has 0 radical (unpaired) electrons. The summed E-state index contributed by atoms with van der Waals surface area (Å²) in [5, 5.41) is 11.1. The van der Waals surface area contributed by atoms with Crippen molar-refractivity contribution in [1.29, 1.82) is 5.26 Å². The van der Waals surface area contributed by atoms with Crippen LogP contribution in [0.3, 0.4) is 0 Å². The lowest BCUT2D eigenvalue weighted by atomic mass is 10.1. The van der Waals surface area contributed by atoms with Crippen LogP contribution in [0.2, 0.25) is 0 Å². The molecule has 1 aliphatic heterocycles. The van der Waals surface area contributed by atoms with Crippen molar-refractivity contribution in [3.8, 4) is 17.3 Å². The summed E-state index contributed by atoms with van der Waals surface area (Å²) in [6.45, 7) is 2.46. The SMILES string of the molecule is N#Cc1ccc(CCNC=O)cc1.NCc1ccc(-c2cc(N3CCCC3)nc(C(F)(F)F)n2)cc1. The Balaban J connectivity index is 0.000000236. The van der Waals surface area contributed by atoms with Gasteiger partial charge in [0.05, 0.1) is 17.3 Å². The molecule has 7 nitrogen and oxygen atoms in total. The summed E-state index contributed by atoms with van der Waals surface area (Å²) in [5.74, 6) is -0.762. The number of rotatable bonds is 7. The molecule has 2 heterocycles. The van der Waals surface area contributed by atoms with Gasteiger partial charge in [-0.2, -0.15) is 18.4 Å².